The van der Waals surface area contributed by atoms with Crippen LogP contribution in [0.2, 0.25) is 10.0 Å². The van der Waals surface area contributed by atoms with Crippen LogP contribution >= 0.6 is 23.2 Å². The van der Waals surface area contributed by atoms with Gasteiger partial charge >= 0.3 is 6.09 Å². The van der Waals surface area contributed by atoms with Gasteiger partial charge in [0.2, 0.25) is 5.91 Å². The van der Waals surface area contributed by atoms with Crippen LogP contribution in [0.4, 0.5) is 4.79 Å². The minimum absolute atomic E-state index is 0.0967. The molecule has 0 spiro atoms. The second-order valence-electron chi connectivity index (χ2n) is 10.6. The lowest BCUT2D eigenvalue weighted by atomic mass is 9.92. The molecule has 42 heavy (non-hydrogen) atoms. The molecule has 8 nitrogen and oxygen atoms in total. The highest BCUT2D eigenvalue weighted by atomic mass is 35.5. The van der Waals surface area contributed by atoms with Gasteiger partial charge in [-0.1, -0.05) is 49.2 Å². The number of halogens is 2. The third kappa shape index (κ3) is 6.84. The van der Waals surface area contributed by atoms with E-state index in [9.17, 15) is 14.7 Å². The Morgan fingerprint density at radius 3 is 2.43 bits per heavy atom. The monoisotopic (exact) mass is 609 g/mol. The van der Waals surface area contributed by atoms with Crippen molar-refractivity contribution in [3.05, 3.63) is 93.6 Å². The maximum atomic E-state index is 13.5. The van der Waals surface area contributed by atoms with E-state index in [4.69, 9.17) is 32.7 Å². The van der Waals surface area contributed by atoms with E-state index < -0.39 is 18.2 Å². The molecule has 1 aliphatic rings. The minimum Gasteiger partial charge on any atom is -0.493 e. The predicted octanol–water partition coefficient (Wildman–Crippen LogP) is 6.52. The summed E-state index contributed by atoms with van der Waals surface area (Å²) >= 11 is 12.3. The van der Waals surface area contributed by atoms with Gasteiger partial charge in [0.15, 0.2) is 0 Å². The molecule has 0 radical (unpaired) electrons. The normalized spacial score (nSPS) is 15.4. The molecule has 2 heterocycles. The van der Waals surface area contributed by atoms with Crippen molar-refractivity contribution in [2.45, 2.75) is 38.8 Å². The molecule has 0 aliphatic carbocycles. The van der Waals surface area contributed by atoms with Crippen LogP contribution in [0, 0.1) is 5.92 Å². The van der Waals surface area contributed by atoms with Gasteiger partial charge < -0.3 is 24.9 Å². The molecule has 0 saturated carbocycles. The molecule has 4 aromatic rings. The molecule has 3 aromatic carbocycles. The van der Waals surface area contributed by atoms with Gasteiger partial charge in [-0.25, -0.2) is 4.79 Å². The Kier molecular flexibility index (Phi) is 9.26. The van der Waals surface area contributed by atoms with Crippen molar-refractivity contribution in [3.8, 4) is 11.5 Å². The van der Waals surface area contributed by atoms with E-state index in [1.54, 1.807) is 43.0 Å². The molecular formula is C32H33Cl2N3O5. The lowest BCUT2D eigenvalue weighted by Gasteiger charge is -2.35. The van der Waals surface area contributed by atoms with Crippen LogP contribution in [-0.2, 0) is 11.2 Å². The zero-order valence-electron chi connectivity index (χ0n) is 23.4. The smallest absolute Gasteiger partial charge is 0.416 e. The third-order valence-corrected chi connectivity index (χ3v) is 7.78. The number of nitrogens with one attached hydrogen (secondary N) is 2. The summed E-state index contributed by atoms with van der Waals surface area (Å²) in [5, 5.41) is 15.2. The Bertz CT molecular complexity index is 1550. The molecule has 220 valence electrons. The van der Waals surface area contributed by atoms with Crippen molar-refractivity contribution < 1.29 is 24.2 Å². The highest BCUT2D eigenvalue weighted by Crippen LogP contribution is 2.40. The summed E-state index contributed by atoms with van der Waals surface area (Å²) in [4.78, 5) is 30.4. The van der Waals surface area contributed by atoms with Crippen molar-refractivity contribution in [1.29, 1.82) is 0 Å². The van der Waals surface area contributed by atoms with Gasteiger partial charge in [0.25, 0.3) is 0 Å². The number of aliphatic hydroxyl groups excluding tert-OH is 1. The molecule has 5 rings (SSSR count). The summed E-state index contributed by atoms with van der Waals surface area (Å²) in [6.07, 6.45) is -0.163. The number of carbonyl (C=O) groups excluding carboxylic acids is 2. The van der Waals surface area contributed by atoms with E-state index in [0.29, 0.717) is 40.9 Å². The number of hydrogen-bond acceptors (Lipinski definition) is 5. The third-order valence-electron chi connectivity index (χ3n) is 7.29. The van der Waals surface area contributed by atoms with Crippen molar-refractivity contribution >= 4 is 46.1 Å². The number of benzene rings is 3. The van der Waals surface area contributed by atoms with E-state index in [2.05, 4.69) is 10.3 Å². The van der Waals surface area contributed by atoms with Crippen LogP contribution in [0.25, 0.3) is 10.9 Å². The van der Waals surface area contributed by atoms with E-state index in [1.807, 2.05) is 42.5 Å². The highest BCUT2D eigenvalue weighted by Gasteiger charge is 2.35. The van der Waals surface area contributed by atoms with Gasteiger partial charge in [0.1, 0.15) is 17.5 Å². The van der Waals surface area contributed by atoms with Crippen LogP contribution in [-0.4, -0.2) is 52.8 Å². The van der Waals surface area contributed by atoms with Crippen molar-refractivity contribution in [1.82, 2.24) is 15.2 Å². The molecular weight excluding hydrogens is 577 g/mol. The number of ether oxygens (including phenoxy) is 2. The number of aromatic nitrogens is 1. The van der Waals surface area contributed by atoms with Crippen LogP contribution in [0.5, 0.6) is 11.5 Å². The fraction of sp³-hybridized carbons (Fsp3) is 0.312. The van der Waals surface area contributed by atoms with Gasteiger partial charge in [-0.15, -0.1) is 0 Å². The molecule has 1 unspecified atom stereocenters. The first-order valence-corrected chi connectivity index (χ1v) is 14.7. The van der Waals surface area contributed by atoms with E-state index in [-0.39, 0.29) is 25.0 Å². The van der Waals surface area contributed by atoms with E-state index in [0.717, 1.165) is 27.7 Å². The van der Waals surface area contributed by atoms with Crippen molar-refractivity contribution in [2.24, 2.45) is 5.92 Å². The molecule has 0 saturated heterocycles. The first-order valence-electron chi connectivity index (χ1n) is 13.9. The molecule has 0 bridgehead atoms. The summed E-state index contributed by atoms with van der Waals surface area (Å²) in [6.45, 7) is 4.53. The number of H-pyrrole nitrogens is 1. The Hall–Kier alpha value is -3.72. The summed E-state index contributed by atoms with van der Waals surface area (Å²) in [5.74, 6) is 0.809. The van der Waals surface area contributed by atoms with Gasteiger partial charge in [0.05, 0.1) is 12.7 Å². The summed E-state index contributed by atoms with van der Waals surface area (Å²) < 4.78 is 11.6. The van der Waals surface area contributed by atoms with E-state index >= 15 is 0 Å². The Balaban J connectivity index is 1.34. The average Bonchev–Trinajstić information content (AvgIpc) is 3.34. The lowest BCUT2D eigenvalue weighted by molar-refractivity contribution is -0.124. The van der Waals surface area contributed by atoms with Crippen molar-refractivity contribution in [2.75, 3.05) is 19.7 Å². The molecule has 3 N–H and O–H groups in total. The van der Waals surface area contributed by atoms with Crippen LogP contribution in [0.1, 0.15) is 43.1 Å². The Morgan fingerprint density at radius 1 is 1.02 bits per heavy atom. The summed E-state index contributed by atoms with van der Waals surface area (Å²) in [5.41, 5.74) is 3.86. The topological polar surface area (TPSA) is 104 Å². The predicted molar refractivity (Wildman–Crippen MR) is 163 cm³/mol. The van der Waals surface area contributed by atoms with Crippen LogP contribution in [0.3, 0.4) is 0 Å². The van der Waals surface area contributed by atoms with Gasteiger partial charge in [-0.3, -0.25) is 9.69 Å². The minimum atomic E-state index is -0.705. The first-order chi connectivity index (χ1) is 20.2. The summed E-state index contributed by atoms with van der Waals surface area (Å²) in [6, 6.07) is 19.5. The van der Waals surface area contributed by atoms with E-state index in [1.165, 1.54) is 0 Å². The maximum absolute atomic E-state index is 13.5. The van der Waals surface area contributed by atoms with Gasteiger partial charge in [-0.05, 0) is 72.1 Å². The summed E-state index contributed by atoms with van der Waals surface area (Å²) in [7, 11) is 0. The first kappa shape index (κ1) is 29.8. The molecule has 2 atom stereocenters. The number of fused-ring (bicyclic) bond motifs is 3. The van der Waals surface area contributed by atoms with Crippen molar-refractivity contribution in [3.63, 3.8) is 0 Å². The SMILES string of the molecule is CC(C)C(=O)NCC(O)CCOc1ccc([C@H]2c3[nH]c4ccc(Cl)cc4c3CCN2C(=O)Oc2ccc(Cl)cc2)cc1. The molecule has 2 amide bonds. The molecule has 10 heteroatoms. The van der Waals surface area contributed by atoms with Crippen LogP contribution < -0.4 is 14.8 Å². The second-order valence-corrected chi connectivity index (χ2v) is 11.5. The average molecular weight is 611 g/mol. The Morgan fingerprint density at radius 2 is 1.71 bits per heavy atom. The quantitative estimate of drug-likeness (QED) is 0.200. The molecule has 0 fully saturated rings. The zero-order chi connectivity index (χ0) is 29.8. The lowest BCUT2D eigenvalue weighted by Crippen LogP contribution is -2.42. The maximum Gasteiger partial charge on any atom is 0.416 e. The molecule has 1 aliphatic heterocycles. The fourth-order valence-corrected chi connectivity index (χ4v) is 5.35. The van der Waals surface area contributed by atoms with Crippen LogP contribution in [0.15, 0.2) is 66.7 Å². The fourth-order valence-electron chi connectivity index (χ4n) is 5.05. The highest BCUT2D eigenvalue weighted by molar-refractivity contribution is 6.31. The second kappa shape index (κ2) is 13.1. The number of aromatic amines is 1. The number of rotatable bonds is 9. The van der Waals surface area contributed by atoms with Gasteiger partial charge in [-0.2, -0.15) is 0 Å². The number of amides is 2. The number of hydrogen-bond donors (Lipinski definition) is 3. The molecule has 1 aromatic heterocycles. The number of aliphatic hydroxyl groups is 1. The standard InChI is InChI=1S/C32H33Cl2N3O5/c1-19(2)31(39)35-18-23(38)14-16-41-24-8-3-20(4-9-24)30-29-26(27-17-22(34)7-12-28(27)36-29)13-15-37(30)32(40)42-25-10-5-21(33)6-11-25/h3-12,17,19,23,30,36,38H,13-16,18H2,1-2H3,(H,35,39)/t23?,30-/m0/s1. The largest absolute Gasteiger partial charge is 0.493 e. The zero-order valence-corrected chi connectivity index (χ0v) is 24.9. The Labute approximate surface area is 254 Å². The number of nitrogens with zero attached hydrogens (tertiary/aromatic N) is 1. The number of carbonyl (C=O) groups is 2. The van der Waals surface area contributed by atoms with Gasteiger partial charge in [0, 0.05) is 52.1 Å².